The van der Waals surface area contributed by atoms with Gasteiger partial charge in [-0.05, 0) is 66.3 Å². The van der Waals surface area contributed by atoms with Gasteiger partial charge in [0.1, 0.15) is 5.82 Å². The molecule has 7 nitrogen and oxygen atoms in total. The Morgan fingerprint density at radius 2 is 1.86 bits per heavy atom. The molecule has 0 unspecified atom stereocenters. The van der Waals surface area contributed by atoms with Crippen molar-refractivity contribution >= 4 is 40.2 Å². The average molecular weight is 493 g/mol. The summed E-state index contributed by atoms with van der Waals surface area (Å²) >= 11 is 2.14. The van der Waals surface area contributed by atoms with E-state index in [9.17, 15) is 9.59 Å². The molecule has 1 heterocycles. The molecule has 0 fully saturated rings. The molecule has 28 heavy (non-hydrogen) atoms. The molecule has 1 aromatic heterocycles. The van der Waals surface area contributed by atoms with Crippen molar-refractivity contribution in [1.29, 1.82) is 0 Å². The van der Waals surface area contributed by atoms with Crippen molar-refractivity contribution < 1.29 is 19.8 Å². The molecular formula is C20H20IN3O4. The van der Waals surface area contributed by atoms with Crippen LogP contribution >= 0.6 is 22.6 Å². The van der Waals surface area contributed by atoms with Crippen molar-refractivity contribution in [3.8, 4) is 5.69 Å². The molecule has 0 bridgehead atoms. The van der Waals surface area contributed by atoms with E-state index in [-0.39, 0.29) is 29.3 Å². The zero-order valence-corrected chi connectivity index (χ0v) is 17.5. The number of nitrogens with zero attached hydrogens (tertiary/aromatic N) is 2. The number of nitrogen functional groups attached to an aromatic ring is 1. The van der Waals surface area contributed by atoms with Crippen molar-refractivity contribution in [2.75, 3.05) is 12.3 Å². The molecule has 2 aromatic carbocycles. The molecule has 0 aliphatic heterocycles. The van der Waals surface area contributed by atoms with Crippen LogP contribution < -0.4 is 5.73 Å². The molecule has 0 atom stereocenters. The highest BCUT2D eigenvalue weighted by molar-refractivity contribution is 14.1. The minimum atomic E-state index is -1.04. The summed E-state index contributed by atoms with van der Waals surface area (Å²) in [5.74, 6) is -1.09. The number of carboxylic acids is 1. The molecule has 8 heteroatoms. The van der Waals surface area contributed by atoms with E-state index in [1.807, 2.05) is 13.0 Å². The van der Waals surface area contributed by atoms with Crippen LogP contribution in [0.25, 0.3) is 5.69 Å². The first-order valence-corrected chi connectivity index (χ1v) is 9.47. The van der Waals surface area contributed by atoms with Gasteiger partial charge in [0, 0.05) is 15.7 Å². The second-order valence-corrected chi connectivity index (χ2v) is 7.06. The number of aliphatic hydroxyl groups excluding tert-OH is 1. The third-order valence-corrected chi connectivity index (χ3v) is 4.49. The van der Waals surface area contributed by atoms with E-state index in [0.29, 0.717) is 11.3 Å². The lowest BCUT2D eigenvalue weighted by Gasteiger charge is -2.09. The van der Waals surface area contributed by atoms with Crippen LogP contribution in [0.1, 0.15) is 38.8 Å². The number of anilines is 1. The molecule has 146 valence electrons. The van der Waals surface area contributed by atoms with Gasteiger partial charge < -0.3 is 15.9 Å². The van der Waals surface area contributed by atoms with E-state index in [2.05, 4.69) is 27.7 Å². The summed E-state index contributed by atoms with van der Waals surface area (Å²) < 4.78 is 2.34. The monoisotopic (exact) mass is 493 g/mol. The highest BCUT2D eigenvalue weighted by atomic mass is 127. The number of carboxylic acid groups (broad SMARTS) is 1. The molecule has 0 aliphatic rings. The van der Waals surface area contributed by atoms with Crippen LogP contribution in [-0.2, 0) is 0 Å². The van der Waals surface area contributed by atoms with Gasteiger partial charge >= 0.3 is 5.97 Å². The predicted molar refractivity (Wildman–Crippen MR) is 115 cm³/mol. The number of nitrogens with two attached hydrogens (primary N) is 1. The highest BCUT2D eigenvalue weighted by Crippen LogP contribution is 2.24. The van der Waals surface area contributed by atoms with Gasteiger partial charge in [0.25, 0.3) is 0 Å². The lowest BCUT2D eigenvalue weighted by molar-refractivity contribution is 0.0696. The maximum Gasteiger partial charge on any atom is 0.335 e. The van der Waals surface area contributed by atoms with Crippen molar-refractivity contribution in [3.63, 3.8) is 0 Å². The van der Waals surface area contributed by atoms with Crippen LogP contribution in [0.3, 0.4) is 0 Å². The van der Waals surface area contributed by atoms with Crippen LogP contribution in [0.5, 0.6) is 0 Å². The minimum Gasteiger partial charge on any atom is -0.478 e. The maximum atomic E-state index is 12.7. The molecule has 0 radical (unpaired) electrons. The first-order valence-electron chi connectivity index (χ1n) is 8.39. The van der Waals surface area contributed by atoms with E-state index in [0.717, 1.165) is 9.13 Å². The third kappa shape index (κ3) is 4.76. The number of hydrogen-bond donors (Lipinski definition) is 3. The number of aromatic carboxylic acids is 1. The number of aryl methyl sites for hydroxylation is 1. The van der Waals surface area contributed by atoms with Crippen molar-refractivity contribution in [2.45, 2.75) is 13.8 Å². The average Bonchev–Trinajstić information content (AvgIpc) is 3.03. The first kappa shape index (κ1) is 21.6. The van der Waals surface area contributed by atoms with Gasteiger partial charge in [0.15, 0.2) is 5.78 Å². The maximum absolute atomic E-state index is 12.7. The molecule has 4 N–H and O–H groups in total. The summed E-state index contributed by atoms with van der Waals surface area (Å²) in [5, 5.41) is 20.9. The SMILES string of the molecule is CCO.Cc1ccc(C(=O)O)cc1-n1ncc(C(=O)c2cccc(I)c2)c1N. The Labute approximate surface area is 175 Å². The molecule has 3 aromatic rings. The van der Waals surface area contributed by atoms with Gasteiger partial charge in [-0.3, -0.25) is 4.79 Å². The summed E-state index contributed by atoms with van der Waals surface area (Å²) in [6.07, 6.45) is 1.41. The number of carbonyl (C=O) groups is 2. The van der Waals surface area contributed by atoms with Crippen LogP contribution in [-0.4, -0.2) is 38.4 Å². The lowest BCUT2D eigenvalue weighted by atomic mass is 10.1. The standard InChI is InChI=1S/C18H14IN3O3.C2H6O/c1-10-5-6-12(18(24)25)8-15(10)22-17(20)14(9-21-22)16(23)11-3-2-4-13(19)7-11;1-2-3/h2-9H,20H2,1H3,(H,24,25);3H,2H2,1H3. The summed E-state index contributed by atoms with van der Waals surface area (Å²) in [4.78, 5) is 23.9. The second kappa shape index (κ2) is 9.47. The molecular weight excluding hydrogens is 473 g/mol. The van der Waals surface area contributed by atoms with Crippen LogP contribution in [0.4, 0.5) is 5.82 Å². The second-order valence-electron chi connectivity index (χ2n) is 5.82. The van der Waals surface area contributed by atoms with Crippen molar-refractivity contribution in [1.82, 2.24) is 9.78 Å². The molecule has 0 spiro atoms. The molecule has 0 aliphatic carbocycles. The zero-order chi connectivity index (χ0) is 20.8. The Hall–Kier alpha value is -2.72. The van der Waals surface area contributed by atoms with E-state index < -0.39 is 5.97 Å². The minimum absolute atomic E-state index is 0.126. The smallest absolute Gasteiger partial charge is 0.335 e. The van der Waals surface area contributed by atoms with Crippen LogP contribution in [0, 0.1) is 10.5 Å². The van der Waals surface area contributed by atoms with E-state index in [1.165, 1.54) is 23.0 Å². The number of ketones is 1. The number of rotatable bonds is 4. The fourth-order valence-electron chi connectivity index (χ4n) is 2.48. The number of benzene rings is 2. The summed E-state index contributed by atoms with van der Waals surface area (Å²) in [6, 6.07) is 11.9. The van der Waals surface area contributed by atoms with Gasteiger partial charge in [-0.2, -0.15) is 5.10 Å². The summed E-state index contributed by atoms with van der Waals surface area (Å²) in [5.41, 5.74) is 8.39. The molecule has 0 saturated carbocycles. The Kier molecular flexibility index (Phi) is 7.30. The van der Waals surface area contributed by atoms with Gasteiger partial charge in [-0.1, -0.05) is 18.2 Å². The van der Waals surface area contributed by atoms with Gasteiger partial charge in [0.05, 0.1) is 23.0 Å². The topological polar surface area (TPSA) is 118 Å². The predicted octanol–water partition coefficient (Wildman–Crippen LogP) is 3.30. The number of hydrogen-bond acceptors (Lipinski definition) is 5. The number of aromatic nitrogens is 2. The van der Waals surface area contributed by atoms with Gasteiger partial charge in [-0.15, -0.1) is 0 Å². The van der Waals surface area contributed by atoms with Gasteiger partial charge in [-0.25, -0.2) is 9.48 Å². The van der Waals surface area contributed by atoms with E-state index >= 15 is 0 Å². The summed E-state index contributed by atoms with van der Waals surface area (Å²) in [6.45, 7) is 3.75. The van der Waals surface area contributed by atoms with E-state index in [4.69, 9.17) is 15.9 Å². The third-order valence-electron chi connectivity index (χ3n) is 3.82. The fourth-order valence-corrected chi connectivity index (χ4v) is 3.02. The normalized spacial score (nSPS) is 10.1. The molecule has 3 rings (SSSR count). The molecule has 0 saturated heterocycles. The number of carbonyl (C=O) groups excluding carboxylic acids is 1. The Balaban J connectivity index is 0.000000878. The van der Waals surface area contributed by atoms with Crippen LogP contribution in [0.15, 0.2) is 48.7 Å². The van der Waals surface area contributed by atoms with Crippen LogP contribution in [0.2, 0.25) is 0 Å². The number of halogens is 1. The van der Waals surface area contributed by atoms with Gasteiger partial charge in [0.2, 0.25) is 0 Å². The Bertz CT molecular complexity index is 1010. The highest BCUT2D eigenvalue weighted by Gasteiger charge is 2.19. The van der Waals surface area contributed by atoms with E-state index in [1.54, 1.807) is 31.2 Å². The Morgan fingerprint density at radius 1 is 1.18 bits per heavy atom. The van der Waals surface area contributed by atoms with Crippen molar-refractivity contribution in [2.24, 2.45) is 0 Å². The quantitative estimate of drug-likeness (QED) is 0.379. The molecule has 0 amide bonds. The fraction of sp³-hybridized carbons (Fsp3) is 0.150. The van der Waals surface area contributed by atoms with Crippen molar-refractivity contribution in [3.05, 3.63) is 74.5 Å². The first-order chi connectivity index (χ1) is 13.3. The largest absolute Gasteiger partial charge is 0.478 e. The Morgan fingerprint density at radius 3 is 2.46 bits per heavy atom. The summed E-state index contributed by atoms with van der Waals surface area (Å²) in [7, 11) is 0. The zero-order valence-electron chi connectivity index (χ0n) is 15.4. The number of aliphatic hydroxyl groups is 1. The lowest BCUT2D eigenvalue weighted by Crippen LogP contribution is -2.09.